The summed E-state index contributed by atoms with van der Waals surface area (Å²) in [4.78, 5) is 10.7. The van der Waals surface area contributed by atoms with Gasteiger partial charge >= 0.3 is 5.97 Å². The first kappa shape index (κ1) is 12.4. The standard InChI is InChI=1S/C13H15FO2/c1-9(2)7-11(8-13(15)16)10-3-5-12(14)6-4-10/h3-6,8-9H,7H2,1-2H3,(H,15,16). The van der Waals surface area contributed by atoms with Gasteiger partial charge in [-0.15, -0.1) is 0 Å². The molecule has 1 N–H and O–H groups in total. The van der Waals surface area contributed by atoms with Crippen LogP contribution in [0.25, 0.3) is 5.57 Å². The molecule has 0 bridgehead atoms. The average molecular weight is 222 g/mol. The molecule has 0 aliphatic carbocycles. The van der Waals surface area contributed by atoms with Crippen molar-refractivity contribution in [3.8, 4) is 0 Å². The Morgan fingerprint density at radius 2 is 1.94 bits per heavy atom. The second-order valence-corrected chi connectivity index (χ2v) is 4.11. The minimum atomic E-state index is -0.972. The maximum absolute atomic E-state index is 12.7. The van der Waals surface area contributed by atoms with E-state index in [0.29, 0.717) is 12.3 Å². The van der Waals surface area contributed by atoms with Crippen LogP contribution in [0.4, 0.5) is 4.39 Å². The number of carboxylic acids is 1. The van der Waals surface area contributed by atoms with Gasteiger partial charge in [-0.2, -0.15) is 0 Å². The Kier molecular flexibility index (Phi) is 4.23. The summed E-state index contributed by atoms with van der Waals surface area (Å²) in [6.07, 6.45) is 1.85. The number of hydrogen-bond acceptors (Lipinski definition) is 1. The largest absolute Gasteiger partial charge is 0.478 e. The zero-order valence-electron chi connectivity index (χ0n) is 9.40. The van der Waals surface area contributed by atoms with E-state index in [9.17, 15) is 9.18 Å². The first-order valence-electron chi connectivity index (χ1n) is 5.18. The predicted octanol–water partition coefficient (Wildman–Crippen LogP) is 3.34. The number of halogens is 1. The van der Waals surface area contributed by atoms with Crippen LogP contribution in [-0.2, 0) is 4.79 Å². The molecule has 0 heterocycles. The van der Waals surface area contributed by atoms with Crippen LogP contribution in [0.2, 0.25) is 0 Å². The number of rotatable bonds is 4. The van der Waals surface area contributed by atoms with Crippen molar-refractivity contribution in [3.05, 3.63) is 41.7 Å². The van der Waals surface area contributed by atoms with Crippen molar-refractivity contribution in [2.24, 2.45) is 5.92 Å². The zero-order chi connectivity index (χ0) is 12.1. The van der Waals surface area contributed by atoms with Gasteiger partial charge in [-0.25, -0.2) is 9.18 Å². The lowest BCUT2D eigenvalue weighted by atomic mass is 9.96. The molecule has 1 aromatic rings. The van der Waals surface area contributed by atoms with Crippen molar-refractivity contribution in [1.82, 2.24) is 0 Å². The topological polar surface area (TPSA) is 37.3 Å². The second kappa shape index (κ2) is 5.45. The van der Waals surface area contributed by atoms with Crippen molar-refractivity contribution in [2.75, 3.05) is 0 Å². The molecule has 0 radical (unpaired) electrons. The van der Waals surface area contributed by atoms with E-state index in [0.717, 1.165) is 11.1 Å². The monoisotopic (exact) mass is 222 g/mol. The lowest BCUT2D eigenvalue weighted by Crippen LogP contribution is -1.97. The lowest BCUT2D eigenvalue weighted by molar-refractivity contribution is -0.131. The molecule has 0 fully saturated rings. The Hall–Kier alpha value is -1.64. The van der Waals surface area contributed by atoms with Crippen molar-refractivity contribution >= 4 is 11.5 Å². The van der Waals surface area contributed by atoms with Crippen molar-refractivity contribution < 1.29 is 14.3 Å². The summed E-state index contributed by atoms with van der Waals surface area (Å²) < 4.78 is 12.7. The Balaban J connectivity index is 3.01. The van der Waals surface area contributed by atoms with Gasteiger partial charge < -0.3 is 5.11 Å². The van der Waals surface area contributed by atoms with Gasteiger partial charge in [-0.3, -0.25) is 0 Å². The van der Waals surface area contributed by atoms with Gasteiger partial charge in [-0.05, 0) is 35.6 Å². The molecule has 1 rings (SSSR count). The molecule has 0 unspecified atom stereocenters. The van der Waals surface area contributed by atoms with E-state index in [1.807, 2.05) is 13.8 Å². The highest BCUT2D eigenvalue weighted by atomic mass is 19.1. The van der Waals surface area contributed by atoms with Crippen LogP contribution in [0.15, 0.2) is 30.3 Å². The third kappa shape index (κ3) is 3.85. The molecule has 0 amide bonds. The molecule has 0 saturated heterocycles. The molecular weight excluding hydrogens is 207 g/mol. The Labute approximate surface area is 94.4 Å². The summed E-state index contributed by atoms with van der Waals surface area (Å²) in [5, 5.41) is 8.76. The van der Waals surface area contributed by atoms with Crippen LogP contribution in [0.1, 0.15) is 25.8 Å². The molecule has 2 nitrogen and oxygen atoms in total. The average Bonchev–Trinajstić information content (AvgIpc) is 2.16. The predicted molar refractivity (Wildman–Crippen MR) is 61.5 cm³/mol. The first-order chi connectivity index (χ1) is 7.49. The zero-order valence-corrected chi connectivity index (χ0v) is 9.40. The van der Waals surface area contributed by atoms with Gasteiger partial charge in [0.05, 0.1) is 0 Å². The number of aliphatic carboxylic acids is 1. The number of carboxylic acid groups (broad SMARTS) is 1. The number of carbonyl (C=O) groups is 1. The SMILES string of the molecule is CC(C)CC(=CC(=O)O)c1ccc(F)cc1. The third-order valence-electron chi connectivity index (χ3n) is 2.14. The van der Waals surface area contributed by atoms with Crippen molar-refractivity contribution in [3.63, 3.8) is 0 Å². The molecular formula is C13H15FO2. The highest BCUT2D eigenvalue weighted by molar-refractivity contribution is 5.90. The van der Waals surface area contributed by atoms with Crippen molar-refractivity contribution in [2.45, 2.75) is 20.3 Å². The van der Waals surface area contributed by atoms with Crippen LogP contribution in [-0.4, -0.2) is 11.1 Å². The van der Waals surface area contributed by atoms with E-state index in [-0.39, 0.29) is 5.82 Å². The maximum atomic E-state index is 12.7. The molecule has 16 heavy (non-hydrogen) atoms. The van der Waals surface area contributed by atoms with Gasteiger partial charge in [0, 0.05) is 6.08 Å². The molecule has 0 spiro atoms. The van der Waals surface area contributed by atoms with E-state index in [2.05, 4.69) is 0 Å². The second-order valence-electron chi connectivity index (χ2n) is 4.11. The van der Waals surface area contributed by atoms with Gasteiger partial charge in [0.15, 0.2) is 0 Å². The number of allylic oxidation sites excluding steroid dienone is 1. The van der Waals surface area contributed by atoms with Crippen LogP contribution in [0.3, 0.4) is 0 Å². The van der Waals surface area contributed by atoms with Crippen LogP contribution in [0.5, 0.6) is 0 Å². The minimum Gasteiger partial charge on any atom is -0.478 e. The van der Waals surface area contributed by atoms with E-state index < -0.39 is 5.97 Å². The fourth-order valence-electron chi connectivity index (χ4n) is 1.51. The first-order valence-corrected chi connectivity index (χ1v) is 5.18. The molecule has 86 valence electrons. The van der Waals surface area contributed by atoms with Crippen molar-refractivity contribution in [1.29, 1.82) is 0 Å². The molecule has 0 aliphatic rings. The molecule has 3 heteroatoms. The van der Waals surface area contributed by atoms with E-state index in [4.69, 9.17) is 5.11 Å². The maximum Gasteiger partial charge on any atom is 0.328 e. The van der Waals surface area contributed by atoms with Gasteiger partial charge in [0.1, 0.15) is 5.82 Å². The molecule has 0 aromatic heterocycles. The Morgan fingerprint density at radius 1 is 1.38 bits per heavy atom. The van der Waals surface area contributed by atoms with Crippen LogP contribution in [0, 0.1) is 11.7 Å². The van der Waals surface area contributed by atoms with Crippen LogP contribution >= 0.6 is 0 Å². The van der Waals surface area contributed by atoms with Crippen LogP contribution < -0.4 is 0 Å². The molecule has 0 saturated carbocycles. The molecule has 1 aromatic carbocycles. The highest BCUT2D eigenvalue weighted by Crippen LogP contribution is 2.22. The summed E-state index contributed by atoms with van der Waals surface area (Å²) in [6.45, 7) is 4.03. The smallest absolute Gasteiger partial charge is 0.328 e. The summed E-state index contributed by atoms with van der Waals surface area (Å²) in [7, 11) is 0. The van der Waals surface area contributed by atoms with E-state index in [1.165, 1.54) is 18.2 Å². The fraction of sp³-hybridized carbons (Fsp3) is 0.308. The molecule has 0 atom stereocenters. The fourth-order valence-corrected chi connectivity index (χ4v) is 1.51. The summed E-state index contributed by atoms with van der Waals surface area (Å²) >= 11 is 0. The summed E-state index contributed by atoms with van der Waals surface area (Å²) in [5.74, 6) is -0.932. The Morgan fingerprint density at radius 3 is 2.38 bits per heavy atom. The number of hydrogen-bond donors (Lipinski definition) is 1. The summed E-state index contributed by atoms with van der Waals surface area (Å²) in [5.41, 5.74) is 1.49. The molecule has 0 aliphatic heterocycles. The van der Waals surface area contributed by atoms with Gasteiger partial charge in [-0.1, -0.05) is 26.0 Å². The third-order valence-corrected chi connectivity index (χ3v) is 2.14. The van der Waals surface area contributed by atoms with Gasteiger partial charge in [0.2, 0.25) is 0 Å². The van der Waals surface area contributed by atoms with E-state index in [1.54, 1.807) is 12.1 Å². The normalized spacial score (nSPS) is 11.9. The summed E-state index contributed by atoms with van der Waals surface area (Å²) in [6, 6.07) is 5.88. The van der Waals surface area contributed by atoms with E-state index >= 15 is 0 Å². The lowest BCUT2D eigenvalue weighted by Gasteiger charge is -2.09. The number of benzene rings is 1. The Bertz CT molecular complexity index is 391. The highest BCUT2D eigenvalue weighted by Gasteiger charge is 2.06. The quantitative estimate of drug-likeness (QED) is 0.793. The van der Waals surface area contributed by atoms with Gasteiger partial charge in [0.25, 0.3) is 0 Å². The minimum absolute atomic E-state index is 0.317.